The van der Waals surface area contributed by atoms with Crippen LogP contribution in [0, 0.1) is 11.2 Å². The number of aromatic nitrogens is 2. The van der Waals surface area contributed by atoms with E-state index < -0.39 is 17.8 Å². The molecular weight excluding hydrogens is 433 g/mol. The number of carbonyl (C=O) groups is 2. The molecule has 0 bridgehead atoms. The Balaban J connectivity index is 2.05. The zero-order valence-corrected chi connectivity index (χ0v) is 20.0. The van der Waals surface area contributed by atoms with Gasteiger partial charge in [0.25, 0.3) is 5.91 Å². The number of hydrogen-bond donors (Lipinski definition) is 2. The average molecular weight is 464 g/mol. The van der Waals surface area contributed by atoms with E-state index in [1.165, 1.54) is 18.2 Å². The normalized spacial score (nSPS) is 15.6. The molecule has 9 heteroatoms. The van der Waals surface area contributed by atoms with Gasteiger partial charge in [0, 0.05) is 25.2 Å². The predicted molar refractivity (Wildman–Crippen MR) is 123 cm³/mol. The first-order valence-electron chi connectivity index (χ1n) is 10.8. The molecule has 1 aromatic carbocycles. The Morgan fingerprint density at radius 2 is 2.00 bits per heavy atom. The summed E-state index contributed by atoms with van der Waals surface area (Å²) in [4.78, 5) is 32.4. The number of benzene rings is 1. The monoisotopic (exact) mass is 463 g/mol. The van der Waals surface area contributed by atoms with Gasteiger partial charge in [0.2, 0.25) is 5.91 Å². The standard InChI is InChI=1S/C23H31ClFN5O2/c1-23(2,3)12-17(21(31)26-4)27-22(32)19-18-13-29(5)9-6-10-30(18)20(28-19)15-11-14(24)7-8-16(15)25/h7-8,11,17H,6,9-10,12-13H2,1-5H3,(H,26,31)(H,27,32). The number of carbonyl (C=O) groups excluding carboxylic acids is 2. The quantitative estimate of drug-likeness (QED) is 0.711. The van der Waals surface area contributed by atoms with Crippen molar-refractivity contribution in [3.8, 4) is 11.4 Å². The third kappa shape index (κ3) is 5.48. The van der Waals surface area contributed by atoms with Crippen LogP contribution in [0.3, 0.4) is 0 Å². The Kier molecular flexibility index (Phi) is 7.25. The summed E-state index contributed by atoms with van der Waals surface area (Å²) in [5.41, 5.74) is 0.976. The molecule has 1 aromatic heterocycles. The molecule has 2 N–H and O–H groups in total. The minimum atomic E-state index is -0.709. The van der Waals surface area contributed by atoms with Crippen molar-refractivity contribution in [2.45, 2.75) is 52.7 Å². The number of nitrogens with one attached hydrogen (secondary N) is 2. The van der Waals surface area contributed by atoms with Crippen LogP contribution < -0.4 is 10.6 Å². The van der Waals surface area contributed by atoms with Gasteiger partial charge in [-0.2, -0.15) is 0 Å². The Bertz CT molecular complexity index is 1010. The SMILES string of the molecule is CNC(=O)C(CC(C)(C)C)NC(=O)c1nc(-c2cc(Cl)ccc2F)n2c1CN(C)CCC2. The van der Waals surface area contributed by atoms with Crippen molar-refractivity contribution >= 4 is 23.4 Å². The molecule has 2 heterocycles. The highest BCUT2D eigenvalue weighted by atomic mass is 35.5. The van der Waals surface area contributed by atoms with Crippen LogP contribution in [0.25, 0.3) is 11.4 Å². The van der Waals surface area contributed by atoms with Gasteiger partial charge in [0.15, 0.2) is 5.69 Å². The van der Waals surface area contributed by atoms with Crippen molar-refractivity contribution in [1.29, 1.82) is 0 Å². The van der Waals surface area contributed by atoms with Crippen molar-refractivity contribution in [1.82, 2.24) is 25.1 Å². The van der Waals surface area contributed by atoms with Crippen molar-refractivity contribution < 1.29 is 14.0 Å². The topological polar surface area (TPSA) is 79.3 Å². The van der Waals surface area contributed by atoms with Gasteiger partial charge < -0.3 is 20.1 Å². The smallest absolute Gasteiger partial charge is 0.272 e. The number of nitrogens with zero attached hydrogens (tertiary/aromatic N) is 3. The van der Waals surface area contributed by atoms with Crippen LogP contribution in [-0.2, 0) is 17.9 Å². The molecule has 1 aliphatic rings. The minimum absolute atomic E-state index is 0.176. The molecule has 0 radical (unpaired) electrons. The van der Waals surface area contributed by atoms with Gasteiger partial charge in [-0.25, -0.2) is 9.37 Å². The zero-order valence-electron chi connectivity index (χ0n) is 19.3. The lowest BCUT2D eigenvalue weighted by Crippen LogP contribution is -2.47. The number of imidazole rings is 1. The molecule has 0 saturated carbocycles. The Morgan fingerprint density at radius 1 is 1.28 bits per heavy atom. The van der Waals surface area contributed by atoms with Crippen LogP contribution in [0.1, 0.15) is 49.8 Å². The molecule has 1 aliphatic heterocycles. The highest BCUT2D eigenvalue weighted by Gasteiger charge is 2.31. The summed E-state index contributed by atoms with van der Waals surface area (Å²) < 4.78 is 16.6. The third-order valence-electron chi connectivity index (χ3n) is 5.48. The summed E-state index contributed by atoms with van der Waals surface area (Å²) in [6, 6.07) is 3.59. The van der Waals surface area contributed by atoms with E-state index in [0.29, 0.717) is 36.1 Å². The highest BCUT2D eigenvalue weighted by molar-refractivity contribution is 6.30. The molecule has 1 unspecified atom stereocenters. The van der Waals surface area contributed by atoms with Crippen LogP contribution >= 0.6 is 11.6 Å². The first-order valence-corrected chi connectivity index (χ1v) is 11.1. The fourth-order valence-corrected chi connectivity index (χ4v) is 4.17. The van der Waals surface area contributed by atoms with Gasteiger partial charge in [-0.05, 0) is 50.0 Å². The van der Waals surface area contributed by atoms with Crippen molar-refractivity contribution in [3.05, 3.63) is 40.4 Å². The summed E-state index contributed by atoms with van der Waals surface area (Å²) in [5, 5.41) is 5.86. The predicted octanol–water partition coefficient (Wildman–Crippen LogP) is 3.46. The Hall–Kier alpha value is -2.45. The summed E-state index contributed by atoms with van der Waals surface area (Å²) >= 11 is 6.12. The lowest BCUT2D eigenvalue weighted by Gasteiger charge is -2.25. The van der Waals surface area contributed by atoms with Crippen LogP contribution in [0.4, 0.5) is 4.39 Å². The number of halogens is 2. The van der Waals surface area contributed by atoms with Gasteiger partial charge in [-0.15, -0.1) is 0 Å². The second-order valence-corrected chi connectivity index (χ2v) is 9.94. The number of rotatable bonds is 5. The average Bonchev–Trinajstić information content (AvgIpc) is 2.94. The molecule has 174 valence electrons. The van der Waals surface area contributed by atoms with E-state index in [4.69, 9.17) is 11.6 Å². The number of fused-ring (bicyclic) bond motifs is 1. The molecule has 3 rings (SSSR count). The molecule has 2 amide bonds. The maximum absolute atomic E-state index is 14.7. The summed E-state index contributed by atoms with van der Waals surface area (Å²) in [6.07, 6.45) is 1.30. The van der Waals surface area contributed by atoms with Crippen molar-refractivity contribution in [2.24, 2.45) is 5.41 Å². The highest BCUT2D eigenvalue weighted by Crippen LogP contribution is 2.30. The van der Waals surface area contributed by atoms with Crippen LogP contribution in [0.5, 0.6) is 0 Å². The summed E-state index contributed by atoms with van der Waals surface area (Å²) in [6.45, 7) is 7.95. The Morgan fingerprint density at radius 3 is 2.66 bits per heavy atom. The first-order chi connectivity index (χ1) is 15.0. The molecule has 7 nitrogen and oxygen atoms in total. The molecule has 32 heavy (non-hydrogen) atoms. The summed E-state index contributed by atoms with van der Waals surface area (Å²) in [7, 11) is 3.51. The fourth-order valence-electron chi connectivity index (χ4n) is 4.00. The molecule has 0 fully saturated rings. The van der Waals surface area contributed by atoms with E-state index >= 15 is 0 Å². The molecule has 0 spiro atoms. The van der Waals surface area contributed by atoms with Gasteiger partial charge in [0.05, 0.1) is 11.3 Å². The van der Waals surface area contributed by atoms with Gasteiger partial charge in [-0.1, -0.05) is 32.4 Å². The molecule has 0 saturated heterocycles. The number of likely N-dealkylation sites (N-methyl/N-ethyl adjacent to an activating group) is 1. The minimum Gasteiger partial charge on any atom is -0.357 e. The van der Waals surface area contributed by atoms with E-state index in [1.54, 1.807) is 7.05 Å². The fraction of sp³-hybridized carbons (Fsp3) is 0.522. The largest absolute Gasteiger partial charge is 0.357 e. The molecule has 2 aromatic rings. The van der Waals surface area contributed by atoms with E-state index in [2.05, 4.69) is 20.5 Å². The van der Waals surface area contributed by atoms with Gasteiger partial charge in [0.1, 0.15) is 17.7 Å². The lowest BCUT2D eigenvalue weighted by atomic mass is 9.87. The molecular formula is C23H31ClFN5O2. The Labute approximate surface area is 193 Å². The molecule has 0 aliphatic carbocycles. The third-order valence-corrected chi connectivity index (χ3v) is 5.72. The second kappa shape index (κ2) is 9.58. The van der Waals surface area contributed by atoms with Gasteiger partial charge in [-0.3, -0.25) is 9.59 Å². The van der Waals surface area contributed by atoms with Crippen LogP contribution in [0.2, 0.25) is 5.02 Å². The zero-order chi connectivity index (χ0) is 23.6. The van der Waals surface area contributed by atoms with E-state index in [9.17, 15) is 14.0 Å². The number of hydrogen-bond acceptors (Lipinski definition) is 4. The van der Waals surface area contributed by atoms with E-state index in [0.717, 1.165) is 13.0 Å². The van der Waals surface area contributed by atoms with Crippen LogP contribution in [-0.4, -0.2) is 52.9 Å². The molecule has 1 atom stereocenters. The maximum atomic E-state index is 14.7. The summed E-state index contributed by atoms with van der Waals surface area (Å²) in [5.74, 6) is -0.803. The van der Waals surface area contributed by atoms with Crippen molar-refractivity contribution in [2.75, 3.05) is 20.6 Å². The van der Waals surface area contributed by atoms with Crippen LogP contribution in [0.15, 0.2) is 18.2 Å². The van der Waals surface area contributed by atoms with E-state index in [1.807, 2.05) is 32.4 Å². The van der Waals surface area contributed by atoms with E-state index in [-0.39, 0.29) is 22.6 Å². The first kappa shape index (κ1) is 24.2. The lowest BCUT2D eigenvalue weighted by molar-refractivity contribution is -0.123. The number of amides is 2. The second-order valence-electron chi connectivity index (χ2n) is 9.50. The van der Waals surface area contributed by atoms with Crippen molar-refractivity contribution in [3.63, 3.8) is 0 Å². The maximum Gasteiger partial charge on any atom is 0.272 e. The van der Waals surface area contributed by atoms with Gasteiger partial charge >= 0.3 is 0 Å².